The molecule has 0 aliphatic rings. The average molecular weight is 276 g/mol. The first-order chi connectivity index (χ1) is 7.59. The molecule has 2 rings (SSSR count). The number of sulfonamides is 1. The summed E-state index contributed by atoms with van der Waals surface area (Å²) in [6, 6.07) is 2.88. The number of nitrogens with zero attached hydrogens (tertiary/aromatic N) is 2. The molecule has 8 heteroatoms. The van der Waals surface area contributed by atoms with E-state index in [0.29, 0.717) is 5.13 Å². The molecule has 0 spiro atoms. The van der Waals surface area contributed by atoms with Gasteiger partial charge in [-0.3, -0.25) is 4.72 Å². The van der Waals surface area contributed by atoms with Crippen molar-refractivity contribution in [1.29, 1.82) is 0 Å². The van der Waals surface area contributed by atoms with Crippen molar-refractivity contribution in [1.82, 2.24) is 9.97 Å². The summed E-state index contributed by atoms with van der Waals surface area (Å²) in [6.07, 6.45) is 2.93. The Morgan fingerprint density at radius 3 is 2.75 bits per heavy atom. The van der Waals surface area contributed by atoms with E-state index in [4.69, 9.17) is 11.6 Å². The molecule has 0 amide bonds. The Kier molecular flexibility index (Phi) is 3.08. The van der Waals surface area contributed by atoms with E-state index in [1.807, 2.05) is 0 Å². The summed E-state index contributed by atoms with van der Waals surface area (Å²) in [4.78, 5) is 7.46. The average Bonchev–Trinajstić information content (AvgIpc) is 2.70. The molecule has 1 N–H and O–H groups in total. The van der Waals surface area contributed by atoms with Gasteiger partial charge in [0.05, 0.1) is 0 Å². The van der Waals surface area contributed by atoms with Crippen LogP contribution >= 0.6 is 22.9 Å². The number of anilines is 1. The molecule has 2 aromatic heterocycles. The maximum atomic E-state index is 11.9. The van der Waals surface area contributed by atoms with Gasteiger partial charge in [0, 0.05) is 17.8 Å². The Bertz CT molecular complexity index is 583. The fraction of sp³-hybridized carbons (Fsp3) is 0. The number of nitrogens with one attached hydrogen (secondary N) is 1. The summed E-state index contributed by atoms with van der Waals surface area (Å²) in [6.45, 7) is 0. The molecule has 0 radical (unpaired) electrons. The number of aromatic nitrogens is 2. The van der Waals surface area contributed by atoms with Crippen molar-refractivity contribution in [2.45, 2.75) is 4.90 Å². The van der Waals surface area contributed by atoms with Gasteiger partial charge in [-0.05, 0) is 12.1 Å². The van der Waals surface area contributed by atoms with Crippen LogP contribution < -0.4 is 4.72 Å². The van der Waals surface area contributed by atoms with Gasteiger partial charge in [-0.15, -0.1) is 11.3 Å². The first-order valence-electron chi connectivity index (χ1n) is 4.12. The molecule has 0 aliphatic heterocycles. The van der Waals surface area contributed by atoms with E-state index < -0.39 is 10.0 Å². The lowest BCUT2D eigenvalue weighted by Crippen LogP contribution is -2.13. The van der Waals surface area contributed by atoms with E-state index in [2.05, 4.69) is 14.7 Å². The molecule has 5 nitrogen and oxygen atoms in total. The minimum Gasteiger partial charge on any atom is -0.255 e. The number of hydrogen-bond acceptors (Lipinski definition) is 5. The predicted molar refractivity (Wildman–Crippen MR) is 62.2 cm³/mol. The maximum absolute atomic E-state index is 11.9. The van der Waals surface area contributed by atoms with Gasteiger partial charge < -0.3 is 0 Å². The van der Waals surface area contributed by atoms with E-state index in [1.54, 1.807) is 5.38 Å². The lowest BCUT2D eigenvalue weighted by Gasteiger charge is -2.05. The highest BCUT2D eigenvalue weighted by molar-refractivity contribution is 7.93. The first-order valence-corrected chi connectivity index (χ1v) is 6.86. The monoisotopic (exact) mass is 275 g/mol. The molecule has 84 valence electrons. The second-order valence-corrected chi connectivity index (χ2v) is 5.64. The van der Waals surface area contributed by atoms with Crippen LogP contribution in [0.15, 0.2) is 34.8 Å². The number of rotatable bonds is 3. The molecule has 16 heavy (non-hydrogen) atoms. The van der Waals surface area contributed by atoms with Crippen LogP contribution in [0.3, 0.4) is 0 Å². The van der Waals surface area contributed by atoms with Crippen molar-refractivity contribution in [2.75, 3.05) is 4.72 Å². The Balaban J connectivity index is 2.37. The van der Waals surface area contributed by atoms with Crippen LogP contribution in [0.1, 0.15) is 0 Å². The SMILES string of the molecule is O=S(=O)(Nc1nccs1)c1cccnc1Cl. The van der Waals surface area contributed by atoms with Crippen LogP contribution in [0.2, 0.25) is 5.15 Å². The molecule has 0 bridgehead atoms. The van der Waals surface area contributed by atoms with Gasteiger partial charge in [-0.1, -0.05) is 11.6 Å². The van der Waals surface area contributed by atoms with Gasteiger partial charge >= 0.3 is 0 Å². The molecule has 0 aromatic carbocycles. The summed E-state index contributed by atoms with van der Waals surface area (Å²) in [7, 11) is -3.71. The van der Waals surface area contributed by atoms with E-state index in [-0.39, 0.29) is 10.0 Å². The summed E-state index contributed by atoms with van der Waals surface area (Å²) in [5.41, 5.74) is 0. The number of halogens is 1. The Morgan fingerprint density at radius 2 is 2.12 bits per heavy atom. The van der Waals surface area contributed by atoms with Gasteiger partial charge in [0.2, 0.25) is 0 Å². The van der Waals surface area contributed by atoms with E-state index >= 15 is 0 Å². The quantitative estimate of drug-likeness (QED) is 0.870. The third-order valence-corrected chi connectivity index (χ3v) is 4.27. The highest BCUT2D eigenvalue weighted by Crippen LogP contribution is 2.22. The molecule has 0 fully saturated rings. The molecule has 2 aromatic rings. The van der Waals surface area contributed by atoms with E-state index in [0.717, 1.165) is 0 Å². The smallest absolute Gasteiger partial charge is 0.255 e. The zero-order valence-electron chi connectivity index (χ0n) is 7.79. The second-order valence-electron chi connectivity index (χ2n) is 2.74. The molecular weight excluding hydrogens is 270 g/mol. The third kappa shape index (κ3) is 2.31. The zero-order valence-corrected chi connectivity index (χ0v) is 10.2. The van der Waals surface area contributed by atoms with Crippen molar-refractivity contribution in [3.05, 3.63) is 35.1 Å². The molecule has 0 saturated carbocycles. The predicted octanol–water partition coefficient (Wildman–Crippen LogP) is 1.99. The Labute approximate surface area is 101 Å². The van der Waals surface area contributed by atoms with Gasteiger partial charge in [-0.2, -0.15) is 0 Å². The molecular formula is C8H6ClN3O2S2. The topological polar surface area (TPSA) is 72.0 Å². The van der Waals surface area contributed by atoms with Crippen LogP contribution in [0, 0.1) is 0 Å². The van der Waals surface area contributed by atoms with Gasteiger partial charge in [0.1, 0.15) is 10.0 Å². The number of thiazole rings is 1. The van der Waals surface area contributed by atoms with Gasteiger partial charge in [0.15, 0.2) is 5.13 Å². The Morgan fingerprint density at radius 1 is 1.31 bits per heavy atom. The second kappa shape index (κ2) is 4.36. The molecule has 0 unspecified atom stereocenters. The maximum Gasteiger partial charge on any atom is 0.266 e. The normalized spacial score (nSPS) is 11.3. The van der Waals surface area contributed by atoms with Crippen LogP contribution in [0.4, 0.5) is 5.13 Å². The minimum absolute atomic E-state index is 0.0631. The summed E-state index contributed by atoms with van der Waals surface area (Å²) < 4.78 is 26.0. The van der Waals surface area contributed by atoms with Crippen molar-refractivity contribution in [3.63, 3.8) is 0 Å². The fourth-order valence-corrected chi connectivity index (χ4v) is 3.26. The number of pyridine rings is 1. The fourth-order valence-electron chi connectivity index (χ4n) is 1.02. The molecule has 2 heterocycles. The van der Waals surface area contributed by atoms with E-state index in [9.17, 15) is 8.42 Å². The third-order valence-electron chi connectivity index (χ3n) is 1.67. The lowest BCUT2D eigenvalue weighted by atomic mass is 10.5. The van der Waals surface area contributed by atoms with Crippen LogP contribution in [-0.4, -0.2) is 18.4 Å². The summed E-state index contributed by atoms with van der Waals surface area (Å²) in [5.74, 6) is 0. The van der Waals surface area contributed by atoms with Crippen LogP contribution in [0.25, 0.3) is 0 Å². The standard InChI is InChI=1S/C8H6ClN3O2S2/c9-7-6(2-1-3-10-7)16(13,14)12-8-11-4-5-15-8/h1-5H,(H,11,12). The van der Waals surface area contributed by atoms with Crippen molar-refractivity contribution >= 4 is 38.1 Å². The van der Waals surface area contributed by atoms with Crippen LogP contribution in [-0.2, 0) is 10.0 Å². The lowest BCUT2D eigenvalue weighted by molar-refractivity contribution is 0.601. The zero-order chi connectivity index (χ0) is 11.6. The molecule has 0 atom stereocenters. The van der Waals surface area contributed by atoms with Crippen molar-refractivity contribution in [3.8, 4) is 0 Å². The summed E-state index contributed by atoms with van der Waals surface area (Å²) >= 11 is 6.89. The summed E-state index contributed by atoms with van der Waals surface area (Å²) in [5, 5.41) is 1.90. The van der Waals surface area contributed by atoms with Gasteiger partial charge in [-0.25, -0.2) is 18.4 Å². The largest absolute Gasteiger partial charge is 0.266 e. The van der Waals surface area contributed by atoms with Crippen molar-refractivity contribution < 1.29 is 8.42 Å². The Hall–Kier alpha value is -1.18. The highest BCUT2D eigenvalue weighted by Gasteiger charge is 2.19. The molecule has 0 aliphatic carbocycles. The van der Waals surface area contributed by atoms with Gasteiger partial charge in [0.25, 0.3) is 10.0 Å². The number of hydrogen-bond donors (Lipinski definition) is 1. The minimum atomic E-state index is -3.71. The van der Waals surface area contributed by atoms with Crippen molar-refractivity contribution in [2.24, 2.45) is 0 Å². The highest BCUT2D eigenvalue weighted by atomic mass is 35.5. The van der Waals surface area contributed by atoms with E-state index in [1.165, 1.54) is 35.9 Å². The van der Waals surface area contributed by atoms with Crippen LogP contribution in [0.5, 0.6) is 0 Å². The first kappa shape index (κ1) is 11.3. The molecule has 0 saturated heterocycles.